The van der Waals surface area contributed by atoms with Gasteiger partial charge < -0.3 is 10.7 Å². The number of fused-ring (bicyclic) bond motifs is 1. The minimum atomic E-state index is 0.468. The number of nitrogens with two attached hydrogens (primary N) is 1. The Morgan fingerprint density at radius 1 is 1.38 bits per heavy atom. The van der Waals surface area contributed by atoms with E-state index in [0.29, 0.717) is 5.95 Å². The SMILES string of the molecule is Cc1c(Br)cc2nc(N)[nH]c2c1C. The van der Waals surface area contributed by atoms with Crippen molar-refractivity contribution >= 4 is 32.9 Å². The van der Waals surface area contributed by atoms with Crippen LogP contribution in [0, 0.1) is 13.8 Å². The average molecular weight is 240 g/mol. The topological polar surface area (TPSA) is 54.7 Å². The van der Waals surface area contributed by atoms with Gasteiger partial charge >= 0.3 is 0 Å². The monoisotopic (exact) mass is 239 g/mol. The Labute approximate surface area is 84.5 Å². The molecule has 4 heteroatoms. The molecule has 68 valence electrons. The van der Waals surface area contributed by atoms with Gasteiger partial charge in [0, 0.05) is 4.47 Å². The summed E-state index contributed by atoms with van der Waals surface area (Å²) in [6.45, 7) is 4.12. The number of halogens is 1. The maximum atomic E-state index is 5.58. The van der Waals surface area contributed by atoms with Crippen molar-refractivity contribution < 1.29 is 0 Å². The first-order valence-electron chi connectivity index (χ1n) is 4.00. The predicted molar refractivity (Wildman–Crippen MR) is 57.7 cm³/mol. The summed E-state index contributed by atoms with van der Waals surface area (Å²) in [5.41, 5.74) is 9.92. The normalized spacial score (nSPS) is 11.0. The van der Waals surface area contributed by atoms with Gasteiger partial charge in [0.25, 0.3) is 0 Å². The average Bonchev–Trinajstić information content (AvgIpc) is 2.42. The van der Waals surface area contributed by atoms with E-state index in [2.05, 4.69) is 39.7 Å². The highest BCUT2D eigenvalue weighted by atomic mass is 79.9. The number of aryl methyl sites for hydroxylation is 1. The first-order valence-corrected chi connectivity index (χ1v) is 4.80. The maximum Gasteiger partial charge on any atom is 0.198 e. The molecule has 0 saturated carbocycles. The second-order valence-electron chi connectivity index (χ2n) is 3.12. The van der Waals surface area contributed by atoms with Crippen LogP contribution in [0.2, 0.25) is 0 Å². The second-order valence-corrected chi connectivity index (χ2v) is 3.98. The predicted octanol–water partition coefficient (Wildman–Crippen LogP) is 2.52. The lowest BCUT2D eigenvalue weighted by Crippen LogP contribution is -1.85. The summed E-state index contributed by atoms with van der Waals surface area (Å²) in [7, 11) is 0. The molecule has 1 heterocycles. The van der Waals surface area contributed by atoms with Crippen LogP contribution in [0.15, 0.2) is 10.5 Å². The largest absolute Gasteiger partial charge is 0.369 e. The van der Waals surface area contributed by atoms with Crippen molar-refractivity contribution in [1.82, 2.24) is 9.97 Å². The number of nitrogens with one attached hydrogen (secondary N) is 1. The van der Waals surface area contributed by atoms with E-state index in [1.807, 2.05) is 6.07 Å². The number of hydrogen-bond acceptors (Lipinski definition) is 2. The van der Waals surface area contributed by atoms with Crippen molar-refractivity contribution in [1.29, 1.82) is 0 Å². The number of anilines is 1. The third-order valence-electron chi connectivity index (χ3n) is 2.31. The molecule has 0 atom stereocenters. The molecule has 3 N–H and O–H groups in total. The van der Waals surface area contributed by atoms with Crippen LogP contribution in [0.4, 0.5) is 5.95 Å². The number of H-pyrrole nitrogens is 1. The van der Waals surface area contributed by atoms with Gasteiger partial charge in [-0.05, 0) is 31.0 Å². The molecule has 0 amide bonds. The van der Waals surface area contributed by atoms with Crippen molar-refractivity contribution in [2.75, 3.05) is 5.73 Å². The summed E-state index contributed by atoms with van der Waals surface area (Å²) in [6, 6.07) is 1.98. The summed E-state index contributed by atoms with van der Waals surface area (Å²) in [4.78, 5) is 7.21. The van der Waals surface area contributed by atoms with Crippen LogP contribution < -0.4 is 5.73 Å². The standard InChI is InChI=1S/C9H10BrN3/c1-4-5(2)8-7(3-6(4)10)12-9(11)13-8/h3H,1-2H3,(H3,11,12,13). The van der Waals surface area contributed by atoms with Crippen molar-refractivity contribution in [3.8, 4) is 0 Å². The fraction of sp³-hybridized carbons (Fsp3) is 0.222. The Hall–Kier alpha value is -1.03. The highest BCUT2D eigenvalue weighted by molar-refractivity contribution is 9.10. The number of aromatic nitrogens is 2. The quantitative estimate of drug-likeness (QED) is 0.743. The van der Waals surface area contributed by atoms with Gasteiger partial charge in [-0.3, -0.25) is 0 Å². The molecule has 0 aliphatic heterocycles. The summed E-state index contributed by atoms with van der Waals surface area (Å²) >= 11 is 3.48. The minimum Gasteiger partial charge on any atom is -0.369 e. The van der Waals surface area contributed by atoms with Crippen LogP contribution in [0.5, 0.6) is 0 Å². The lowest BCUT2D eigenvalue weighted by molar-refractivity contribution is 1.32. The Kier molecular flexibility index (Phi) is 1.80. The van der Waals surface area contributed by atoms with Crippen LogP contribution in [0.3, 0.4) is 0 Å². The third-order valence-corrected chi connectivity index (χ3v) is 3.13. The van der Waals surface area contributed by atoms with Gasteiger partial charge in [0.1, 0.15) is 0 Å². The van der Waals surface area contributed by atoms with E-state index in [1.54, 1.807) is 0 Å². The summed E-state index contributed by atoms with van der Waals surface area (Å²) < 4.78 is 1.07. The Morgan fingerprint density at radius 2 is 2.08 bits per heavy atom. The molecule has 0 fully saturated rings. The highest BCUT2D eigenvalue weighted by Crippen LogP contribution is 2.27. The molecule has 13 heavy (non-hydrogen) atoms. The van der Waals surface area contributed by atoms with Crippen LogP contribution in [0.1, 0.15) is 11.1 Å². The van der Waals surface area contributed by atoms with Crippen LogP contribution in [-0.2, 0) is 0 Å². The molecule has 2 aromatic rings. The Bertz CT molecular complexity index is 473. The van der Waals surface area contributed by atoms with E-state index in [0.717, 1.165) is 15.5 Å². The fourth-order valence-corrected chi connectivity index (χ4v) is 1.91. The number of nitrogens with zero attached hydrogens (tertiary/aromatic N) is 1. The van der Waals surface area contributed by atoms with E-state index in [9.17, 15) is 0 Å². The van der Waals surface area contributed by atoms with E-state index in [1.165, 1.54) is 11.1 Å². The summed E-state index contributed by atoms with van der Waals surface area (Å²) in [5.74, 6) is 0.468. The van der Waals surface area contributed by atoms with Crippen LogP contribution in [-0.4, -0.2) is 9.97 Å². The van der Waals surface area contributed by atoms with Gasteiger partial charge in [0.05, 0.1) is 11.0 Å². The number of benzene rings is 1. The van der Waals surface area contributed by atoms with Crippen molar-refractivity contribution in [3.05, 3.63) is 21.7 Å². The lowest BCUT2D eigenvalue weighted by atomic mass is 10.1. The molecule has 0 aliphatic rings. The lowest BCUT2D eigenvalue weighted by Gasteiger charge is -2.02. The maximum absolute atomic E-state index is 5.58. The van der Waals surface area contributed by atoms with Crippen molar-refractivity contribution in [2.24, 2.45) is 0 Å². The molecular formula is C9H10BrN3. The molecule has 0 saturated heterocycles. The first kappa shape index (κ1) is 8.56. The Morgan fingerprint density at radius 3 is 2.77 bits per heavy atom. The van der Waals surface area contributed by atoms with E-state index in [4.69, 9.17) is 5.73 Å². The molecule has 0 unspecified atom stereocenters. The molecule has 0 aliphatic carbocycles. The fourth-order valence-electron chi connectivity index (χ4n) is 1.39. The first-order chi connectivity index (χ1) is 6.09. The van der Waals surface area contributed by atoms with Gasteiger partial charge in [0.15, 0.2) is 5.95 Å². The summed E-state index contributed by atoms with van der Waals surface area (Å²) in [6.07, 6.45) is 0. The van der Waals surface area contributed by atoms with Gasteiger partial charge in [-0.15, -0.1) is 0 Å². The van der Waals surface area contributed by atoms with Crippen molar-refractivity contribution in [3.63, 3.8) is 0 Å². The molecule has 1 aromatic carbocycles. The van der Waals surface area contributed by atoms with Crippen molar-refractivity contribution in [2.45, 2.75) is 13.8 Å². The van der Waals surface area contributed by atoms with E-state index < -0.39 is 0 Å². The number of hydrogen-bond donors (Lipinski definition) is 2. The molecule has 3 nitrogen and oxygen atoms in total. The van der Waals surface area contributed by atoms with Gasteiger partial charge in [-0.25, -0.2) is 4.98 Å². The molecule has 1 aromatic heterocycles. The number of rotatable bonds is 0. The van der Waals surface area contributed by atoms with E-state index >= 15 is 0 Å². The molecule has 2 rings (SSSR count). The van der Waals surface area contributed by atoms with Gasteiger partial charge in [-0.2, -0.15) is 0 Å². The number of imidazole rings is 1. The highest BCUT2D eigenvalue weighted by Gasteiger charge is 2.07. The molecule has 0 spiro atoms. The van der Waals surface area contributed by atoms with Gasteiger partial charge in [-0.1, -0.05) is 15.9 Å². The number of nitrogen functional groups attached to an aromatic ring is 1. The zero-order chi connectivity index (χ0) is 9.59. The smallest absolute Gasteiger partial charge is 0.198 e. The molecular weight excluding hydrogens is 230 g/mol. The Balaban J connectivity index is 2.92. The van der Waals surface area contributed by atoms with Crippen LogP contribution in [0.25, 0.3) is 11.0 Å². The van der Waals surface area contributed by atoms with Gasteiger partial charge in [0.2, 0.25) is 0 Å². The zero-order valence-electron chi connectivity index (χ0n) is 7.48. The summed E-state index contributed by atoms with van der Waals surface area (Å²) in [5, 5.41) is 0. The number of aromatic amines is 1. The van der Waals surface area contributed by atoms with E-state index in [-0.39, 0.29) is 0 Å². The molecule has 0 radical (unpaired) electrons. The zero-order valence-corrected chi connectivity index (χ0v) is 9.07. The van der Waals surface area contributed by atoms with Crippen LogP contribution >= 0.6 is 15.9 Å². The molecule has 0 bridgehead atoms. The third kappa shape index (κ3) is 1.21. The second kappa shape index (κ2) is 2.73. The minimum absolute atomic E-state index is 0.468.